The second-order valence-electron chi connectivity index (χ2n) is 12.8. The first-order valence-electron chi connectivity index (χ1n) is 16.4. The molecule has 2 aromatic carbocycles. The molecule has 3 aliphatic heterocycles. The Kier molecular flexibility index (Phi) is 8.33. The van der Waals surface area contributed by atoms with Crippen molar-refractivity contribution >= 4 is 45.8 Å². The molecule has 13 heteroatoms. The molecule has 254 valence electrons. The minimum absolute atomic E-state index is 0.0417. The molecule has 5 aromatic rings. The van der Waals surface area contributed by atoms with Gasteiger partial charge in [-0.15, -0.1) is 11.3 Å². The summed E-state index contributed by atoms with van der Waals surface area (Å²) in [6, 6.07) is 14.2. The van der Waals surface area contributed by atoms with Crippen molar-refractivity contribution in [3.8, 4) is 28.3 Å². The third-order valence-electron chi connectivity index (χ3n) is 9.81. The van der Waals surface area contributed by atoms with Crippen molar-refractivity contribution in [1.29, 1.82) is 0 Å². The summed E-state index contributed by atoms with van der Waals surface area (Å²) in [7, 11) is 1.30. The first kappa shape index (κ1) is 31.9. The number of benzene rings is 2. The molecule has 0 radical (unpaired) electrons. The van der Waals surface area contributed by atoms with E-state index < -0.39 is 24.2 Å². The zero-order valence-corrected chi connectivity index (χ0v) is 28.6. The number of ether oxygens (including phenoxy) is 3. The SMILES string of the molecule is COC(=O)N[C@H](C(=O)N1CCC[C@H]1c1ncc(-c2ccc3c(c2)cc2n3C(c3ccc(C)s3)Oc3cc(Cl)cc(F)c3-2)[nH]1)C1CCOCC1. The molecule has 1 unspecified atom stereocenters. The molecule has 3 aromatic heterocycles. The van der Waals surface area contributed by atoms with Gasteiger partial charge < -0.3 is 29.4 Å². The molecule has 49 heavy (non-hydrogen) atoms. The summed E-state index contributed by atoms with van der Waals surface area (Å²) in [5.41, 5.74) is 3.69. The van der Waals surface area contributed by atoms with E-state index >= 15 is 4.39 Å². The highest BCUT2D eigenvalue weighted by atomic mass is 35.5. The summed E-state index contributed by atoms with van der Waals surface area (Å²) in [6.45, 7) is 3.72. The number of aromatic amines is 1. The molecule has 8 rings (SSSR count). The maximum atomic E-state index is 15.4. The Morgan fingerprint density at radius 2 is 1.98 bits per heavy atom. The Labute approximate surface area is 291 Å². The van der Waals surface area contributed by atoms with Gasteiger partial charge in [0.15, 0.2) is 0 Å². The number of hydrogen-bond donors (Lipinski definition) is 2. The van der Waals surface area contributed by atoms with Crippen LogP contribution in [0.4, 0.5) is 9.18 Å². The number of H-pyrrole nitrogens is 1. The third-order valence-corrected chi connectivity index (χ3v) is 11.1. The van der Waals surface area contributed by atoms with Crippen LogP contribution in [-0.4, -0.2) is 64.3 Å². The van der Waals surface area contributed by atoms with Crippen LogP contribution in [0.15, 0.2) is 54.7 Å². The average molecular weight is 704 g/mol. The Bertz CT molecular complexity index is 2070. The van der Waals surface area contributed by atoms with Gasteiger partial charge in [0.25, 0.3) is 0 Å². The number of aryl methyl sites for hydroxylation is 1. The van der Waals surface area contributed by atoms with Crippen LogP contribution in [0.25, 0.3) is 33.4 Å². The molecule has 2 fully saturated rings. The molecule has 0 bridgehead atoms. The van der Waals surface area contributed by atoms with E-state index in [1.807, 2.05) is 40.7 Å². The lowest BCUT2D eigenvalue weighted by Crippen LogP contribution is -2.53. The van der Waals surface area contributed by atoms with Crippen molar-refractivity contribution in [1.82, 2.24) is 24.8 Å². The molecule has 3 atom stereocenters. The summed E-state index contributed by atoms with van der Waals surface area (Å²) < 4.78 is 34.3. The second-order valence-corrected chi connectivity index (χ2v) is 14.5. The van der Waals surface area contributed by atoms with E-state index in [2.05, 4.69) is 22.4 Å². The quantitative estimate of drug-likeness (QED) is 0.188. The number of carbonyl (C=O) groups is 2. The summed E-state index contributed by atoms with van der Waals surface area (Å²) in [5, 5.41) is 4.00. The van der Waals surface area contributed by atoms with Crippen LogP contribution in [0.3, 0.4) is 0 Å². The van der Waals surface area contributed by atoms with Crippen molar-refractivity contribution in [3.63, 3.8) is 0 Å². The lowest BCUT2D eigenvalue weighted by molar-refractivity contribution is -0.136. The fraction of sp³-hybridized carbons (Fsp3) is 0.361. The van der Waals surface area contributed by atoms with Gasteiger partial charge in [-0.05, 0) is 81.0 Å². The summed E-state index contributed by atoms with van der Waals surface area (Å²) in [4.78, 5) is 38.4. The van der Waals surface area contributed by atoms with Crippen molar-refractivity contribution in [2.75, 3.05) is 26.9 Å². The highest BCUT2D eigenvalue weighted by Gasteiger charge is 2.40. The molecular formula is C36H35ClFN5O5S. The Morgan fingerprint density at radius 3 is 2.76 bits per heavy atom. The molecule has 0 saturated carbocycles. The number of nitrogens with one attached hydrogen (secondary N) is 2. The second kappa shape index (κ2) is 12.8. The lowest BCUT2D eigenvalue weighted by Gasteiger charge is -2.34. The fourth-order valence-electron chi connectivity index (χ4n) is 7.45. The molecule has 2 saturated heterocycles. The molecule has 0 spiro atoms. The number of likely N-dealkylation sites (tertiary alicyclic amines) is 1. The van der Waals surface area contributed by atoms with E-state index in [0.29, 0.717) is 55.4 Å². The molecule has 0 aliphatic carbocycles. The van der Waals surface area contributed by atoms with Crippen LogP contribution in [0.2, 0.25) is 5.02 Å². The van der Waals surface area contributed by atoms with Gasteiger partial charge >= 0.3 is 6.09 Å². The maximum absolute atomic E-state index is 15.4. The van der Waals surface area contributed by atoms with E-state index in [1.165, 1.54) is 13.2 Å². The molecule has 6 heterocycles. The summed E-state index contributed by atoms with van der Waals surface area (Å²) in [5.74, 6) is 0.481. The first-order valence-corrected chi connectivity index (χ1v) is 17.6. The minimum Gasteiger partial charge on any atom is -0.464 e. The smallest absolute Gasteiger partial charge is 0.407 e. The number of nitrogens with zero attached hydrogens (tertiary/aromatic N) is 3. The van der Waals surface area contributed by atoms with Crippen LogP contribution in [0, 0.1) is 18.7 Å². The van der Waals surface area contributed by atoms with Crippen LogP contribution in [-0.2, 0) is 14.3 Å². The largest absolute Gasteiger partial charge is 0.464 e. The van der Waals surface area contributed by atoms with Gasteiger partial charge in [-0.3, -0.25) is 9.36 Å². The molecular weight excluding hydrogens is 669 g/mol. The van der Waals surface area contributed by atoms with Gasteiger partial charge in [-0.25, -0.2) is 14.2 Å². The highest BCUT2D eigenvalue weighted by Crippen LogP contribution is 2.47. The highest BCUT2D eigenvalue weighted by molar-refractivity contribution is 7.12. The van der Waals surface area contributed by atoms with E-state index in [4.69, 9.17) is 30.8 Å². The summed E-state index contributed by atoms with van der Waals surface area (Å²) >= 11 is 7.88. The molecule has 3 aliphatic rings. The number of imidazole rings is 1. The van der Waals surface area contributed by atoms with E-state index in [1.54, 1.807) is 23.6 Å². The van der Waals surface area contributed by atoms with Gasteiger partial charge in [0, 0.05) is 40.6 Å². The predicted molar refractivity (Wildman–Crippen MR) is 184 cm³/mol. The fourth-order valence-corrected chi connectivity index (χ4v) is 8.54. The number of rotatable bonds is 6. The summed E-state index contributed by atoms with van der Waals surface area (Å²) in [6.07, 6.45) is 3.62. The number of carbonyl (C=O) groups excluding carboxylic acids is 2. The van der Waals surface area contributed by atoms with Gasteiger partial charge in [-0.2, -0.15) is 0 Å². The Morgan fingerprint density at radius 1 is 1.14 bits per heavy atom. The van der Waals surface area contributed by atoms with Crippen LogP contribution >= 0.6 is 22.9 Å². The third kappa shape index (κ3) is 5.75. The van der Waals surface area contributed by atoms with Crippen molar-refractivity contribution in [2.45, 2.75) is 50.9 Å². The number of halogens is 2. The zero-order valence-electron chi connectivity index (χ0n) is 27.0. The van der Waals surface area contributed by atoms with Crippen LogP contribution in [0.1, 0.15) is 53.5 Å². The molecule has 10 nitrogen and oxygen atoms in total. The molecule has 2 amide bonds. The number of aromatic nitrogens is 3. The predicted octanol–water partition coefficient (Wildman–Crippen LogP) is 7.61. The Balaban J connectivity index is 1.11. The van der Waals surface area contributed by atoms with E-state index in [0.717, 1.165) is 44.8 Å². The normalized spacial score (nSPS) is 19.7. The van der Waals surface area contributed by atoms with Crippen molar-refractivity contribution < 1.29 is 28.2 Å². The van der Waals surface area contributed by atoms with E-state index in [9.17, 15) is 9.59 Å². The number of thiophene rings is 1. The number of methoxy groups -OCH3 is 1. The first-order chi connectivity index (χ1) is 23.8. The molecule has 2 N–H and O–H groups in total. The van der Waals surface area contributed by atoms with Gasteiger partial charge in [0.05, 0.1) is 46.7 Å². The average Bonchev–Trinajstić information content (AvgIpc) is 3.92. The van der Waals surface area contributed by atoms with Gasteiger partial charge in [0.1, 0.15) is 23.4 Å². The Hall–Kier alpha value is -4.39. The number of amides is 2. The van der Waals surface area contributed by atoms with Crippen LogP contribution in [0.5, 0.6) is 5.75 Å². The minimum atomic E-state index is -0.702. The van der Waals surface area contributed by atoms with Crippen molar-refractivity contribution in [2.24, 2.45) is 5.92 Å². The number of alkyl carbamates (subject to hydrolysis) is 1. The lowest BCUT2D eigenvalue weighted by atomic mass is 9.90. The standard InChI is InChI=1S/C36H35ClFN5O5S/c1-19-5-8-30(49-19)35-43-26-7-6-21(14-22(26)15-28(43)31-24(38)16-23(37)17-29(31)48-35)25-18-39-33(40-25)27-4-3-11-42(27)34(44)32(41-36(45)46-2)20-9-12-47-13-10-20/h5-8,14-18,20,27,32,35H,3-4,9-13H2,1-2H3,(H,39,40)(H,41,45)/t27-,32-,35?/m0/s1. The van der Waals surface area contributed by atoms with Gasteiger partial charge in [0.2, 0.25) is 12.1 Å². The van der Waals surface area contributed by atoms with Crippen molar-refractivity contribution in [3.05, 3.63) is 81.1 Å². The number of fused-ring (bicyclic) bond motifs is 5. The van der Waals surface area contributed by atoms with Crippen LogP contribution < -0.4 is 10.1 Å². The van der Waals surface area contributed by atoms with Gasteiger partial charge in [-0.1, -0.05) is 17.7 Å². The zero-order chi connectivity index (χ0) is 33.8. The monoisotopic (exact) mass is 703 g/mol. The maximum Gasteiger partial charge on any atom is 0.407 e. The number of hydrogen-bond acceptors (Lipinski definition) is 7. The topological polar surface area (TPSA) is 111 Å². The van der Waals surface area contributed by atoms with E-state index in [-0.39, 0.29) is 22.9 Å².